The van der Waals surface area contributed by atoms with Gasteiger partial charge in [0, 0.05) is 5.97 Å². The Morgan fingerprint density at radius 1 is 0.792 bits per heavy atom. The normalized spacial score (nSPS) is 10.1. The molecule has 0 radical (unpaired) electrons. The van der Waals surface area contributed by atoms with E-state index in [4.69, 9.17) is 15.6 Å². The maximum atomic E-state index is 8.89. The first kappa shape index (κ1) is 28.7. The summed E-state index contributed by atoms with van der Waals surface area (Å²) >= 11 is 0. The van der Waals surface area contributed by atoms with Crippen LogP contribution in [0.4, 0.5) is 0 Å². The number of aliphatic carboxylic acids is 1. The molecular formula is C20H40AgNO2. The van der Waals surface area contributed by atoms with Crippen LogP contribution in [0.15, 0.2) is 12.2 Å². The van der Waals surface area contributed by atoms with Crippen molar-refractivity contribution in [3.05, 3.63) is 12.2 Å². The van der Waals surface area contributed by atoms with Crippen LogP contribution in [0.3, 0.4) is 0 Å². The van der Waals surface area contributed by atoms with Crippen molar-refractivity contribution in [1.82, 2.24) is 0 Å². The molecule has 0 bridgehead atoms. The fraction of sp³-hybridized carbons (Fsp3) is 0.850. The van der Waals surface area contributed by atoms with Crippen molar-refractivity contribution in [1.29, 1.82) is 0 Å². The summed E-state index contributed by atoms with van der Waals surface area (Å²) in [4.78, 5) is 8.89. The molecule has 4 heteroatoms. The zero-order chi connectivity index (χ0) is 17.6. The first-order valence-electron chi connectivity index (χ1n) is 9.67. The van der Waals surface area contributed by atoms with Crippen molar-refractivity contribution in [2.45, 2.75) is 104 Å². The summed E-state index contributed by atoms with van der Waals surface area (Å²) in [6.07, 6.45) is 23.9. The van der Waals surface area contributed by atoms with Gasteiger partial charge in [-0.15, -0.1) is 0 Å². The Kier molecular flexibility index (Phi) is 33.2. The number of carboxylic acids is 1. The molecule has 3 nitrogen and oxygen atoms in total. The van der Waals surface area contributed by atoms with Crippen molar-refractivity contribution in [2.24, 2.45) is 5.73 Å². The van der Waals surface area contributed by atoms with E-state index < -0.39 is 5.97 Å². The third-order valence-corrected chi connectivity index (χ3v) is 3.72. The van der Waals surface area contributed by atoms with Crippen molar-refractivity contribution < 1.29 is 32.3 Å². The molecule has 0 aromatic carbocycles. The third kappa shape index (κ3) is 37.8. The van der Waals surface area contributed by atoms with Crippen molar-refractivity contribution >= 4 is 5.97 Å². The second-order valence-electron chi connectivity index (χ2n) is 6.22. The molecule has 0 aliphatic heterocycles. The van der Waals surface area contributed by atoms with Gasteiger partial charge in [-0.1, -0.05) is 76.9 Å². The number of nitrogens with two attached hydrogens (primary N) is 1. The molecule has 0 aliphatic carbocycles. The fourth-order valence-electron chi connectivity index (χ4n) is 2.39. The van der Waals surface area contributed by atoms with Gasteiger partial charge in [-0.3, -0.25) is 0 Å². The molecule has 24 heavy (non-hydrogen) atoms. The minimum atomic E-state index is -1.08. The summed E-state index contributed by atoms with van der Waals surface area (Å²) < 4.78 is 0. The standard InChI is InChI=1S/C18H37N.C2H4O2.Ag/c1-2-3-4-5-6-7-8-9-10-11-12-13-14-15-16-17-18-19;1-2(3)4;/h9-10H,2-8,11-19H2,1H3;1H3,(H,3,4);/q;;+1/p-1/b10-9-;;. The monoisotopic (exact) mass is 433 g/mol. The van der Waals surface area contributed by atoms with Gasteiger partial charge in [0.1, 0.15) is 0 Å². The predicted octanol–water partition coefficient (Wildman–Crippen LogP) is 4.74. The summed E-state index contributed by atoms with van der Waals surface area (Å²) in [5, 5.41) is 8.89. The van der Waals surface area contributed by atoms with Crippen LogP contribution in [0.1, 0.15) is 104 Å². The molecule has 0 rings (SSSR count). The molecule has 2 N–H and O–H groups in total. The molecule has 0 fully saturated rings. The minimum absolute atomic E-state index is 0. The first-order valence-corrected chi connectivity index (χ1v) is 9.67. The minimum Gasteiger partial charge on any atom is -0.550 e. The molecule has 0 amide bonds. The molecular weight excluding hydrogens is 394 g/mol. The van der Waals surface area contributed by atoms with Gasteiger partial charge in [0.05, 0.1) is 0 Å². The largest absolute Gasteiger partial charge is 1.00 e. The summed E-state index contributed by atoms with van der Waals surface area (Å²) in [6.45, 7) is 4.11. The van der Waals surface area contributed by atoms with Gasteiger partial charge in [0.2, 0.25) is 0 Å². The molecule has 0 unspecified atom stereocenters. The molecule has 0 aromatic heterocycles. The Bertz CT molecular complexity index is 254. The zero-order valence-corrected chi connectivity index (χ0v) is 17.4. The molecule has 0 heterocycles. The molecule has 0 atom stereocenters. The topological polar surface area (TPSA) is 66.1 Å². The van der Waals surface area contributed by atoms with E-state index in [2.05, 4.69) is 19.1 Å². The Morgan fingerprint density at radius 3 is 1.50 bits per heavy atom. The van der Waals surface area contributed by atoms with Crippen LogP contribution in [0, 0.1) is 0 Å². The van der Waals surface area contributed by atoms with Gasteiger partial charge in [-0.25, -0.2) is 0 Å². The third-order valence-electron chi connectivity index (χ3n) is 3.72. The van der Waals surface area contributed by atoms with Crippen LogP contribution in [-0.2, 0) is 27.2 Å². The number of unbranched alkanes of at least 4 members (excludes halogenated alkanes) is 12. The smallest absolute Gasteiger partial charge is 0.550 e. The van der Waals surface area contributed by atoms with Gasteiger partial charge < -0.3 is 15.6 Å². The predicted molar refractivity (Wildman–Crippen MR) is 99.2 cm³/mol. The van der Waals surface area contributed by atoms with Gasteiger partial charge in [0.25, 0.3) is 0 Å². The summed E-state index contributed by atoms with van der Waals surface area (Å²) in [7, 11) is 0. The van der Waals surface area contributed by atoms with Crippen LogP contribution < -0.4 is 10.8 Å². The van der Waals surface area contributed by atoms with Crippen molar-refractivity contribution in [3.63, 3.8) is 0 Å². The van der Waals surface area contributed by atoms with Gasteiger partial charge in [0.15, 0.2) is 0 Å². The van der Waals surface area contributed by atoms with Crippen molar-refractivity contribution in [3.8, 4) is 0 Å². The van der Waals surface area contributed by atoms with Gasteiger partial charge in [-0.05, 0) is 45.6 Å². The Morgan fingerprint density at radius 2 is 1.12 bits per heavy atom. The average molecular weight is 434 g/mol. The van der Waals surface area contributed by atoms with Crippen LogP contribution in [-0.4, -0.2) is 12.5 Å². The fourth-order valence-corrected chi connectivity index (χ4v) is 2.39. The molecule has 0 saturated carbocycles. The summed E-state index contributed by atoms with van der Waals surface area (Å²) in [5.74, 6) is -1.08. The number of rotatable bonds is 15. The average Bonchev–Trinajstić information content (AvgIpc) is 2.50. The van der Waals surface area contributed by atoms with Crippen LogP contribution in [0.25, 0.3) is 0 Å². The Hall–Kier alpha value is -0.0897. The molecule has 0 spiro atoms. The van der Waals surface area contributed by atoms with Gasteiger partial charge >= 0.3 is 22.4 Å². The van der Waals surface area contributed by atoms with E-state index in [0.29, 0.717) is 0 Å². The van der Waals surface area contributed by atoms with E-state index in [1.54, 1.807) is 0 Å². The zero-order valence-electron chi connectivity index (χ0n) is 16.0. The van der Waals surface area contributed by atoms with Gasteiger partial charge in [-0.2, -0.15) is 0 Å². The van der Waals surface area contributed by atoms with Crippen molar-refractivity contribution in [2.75, 3.05) is 6.54 Å². The number of carbonyl (C=O) groups excluding carboxylic acids is 1. The first-order chi connectivity index (χ1) is 11.1. The molecule has 0 aromatic rings. The number of allylic oxidation sites excluding steroid dienone is 2. The number of hydrogen-bond donors (Lipinski definition) is 1. The number of carbonyl (C=O) groups is 1. The van der Waals surface area contributed by atoms with E-state index in [-0.39, 0.29) is 22.4 Å². The maximum Gasteiger partial charge on any atom is 1.00 e. The molecule has 0 aliphatic rings. The number of carboxylic acid groups (broad SMARTS) is 1. The Labute approximate surface area is 166 Å². The molecule has 148 valence electrons. The van der Waals surface area contributed by atoms with E-state index >= 15 is 0 Å². The van der Waals surface area contributed by atoms with E-state index in [1.807, 2.05) is 0 Å². The quantitative estimate of drug-likeness (QED) is 0.230. The Balaban J connectivity index is -0.000000787. The number of hydrogen-bond acceptors (Lipinski definition) is 3. The van der Waals surface area contributed by atoms with E-state index in [1.165, 1.54) is 89.9 Å². The molecule has 0 saturated heterocycles. The van der Waals surface area contributed by atoms with Crippen LogP contribution in [0.2, 0.25) is 0 Å². The SMILES string of the molecule is CC(=O)[O-].CCCCCCCC/C=C\CCCCCCCCN.[Ag+]. The second-order valence-corrected chi connectivity index (χ2v) is 6.22. The van der Waals surface area contributed by atoms with Crippen LogP contribution in [0.5, 0.6) is 0 Å². The summed E-state index contributed by atoms with van der Waals surface area (Å²) in [6, 6.07) is 0. The van der Waals surface area contributed by atoms with E-state index in [0.717, 1.165) is 13.5 Å². The van der Waals surface area contributed by atoms with Crippen LogP contribution >= 0.6 is 0 Å². The second kappa shape index (κ2) is 27.7. The maximum absolute atomic E-state index is 8.89. The summed E-state index contributed by atoms with van der Waals surface area (Å²) in [5.41, 5.74) is 5.47. The van der Waals surface area contributed by atoms with E-state index in [9.17, 15) is 0 Å².